The number of Topliss-reactive ketones (excluding diaryl/α,β-unsaturated/α-hetero) is 1. The first-order chi connectivity index (χ1) is 8.50. The third-order valence-corrected chi connectivity index (χ3v) is 2.82. The lowest BCUT2D eigenvalue weighted by atomic mass is 10.1. The molecule has 6 heteroatoms. The molecule has 0 aliphatic carbocycles. The number of carbonyl (C=O) groups is 2. The van der Waals surface area contributed by atoms with Gasteiger partial charge in [0.1, 0.15) is 0 Å². The van der Waals surface area contributed by atoms with Crippen LogP contribution >= 0.6 is 0 Å². The van der Waals surface area contributed by atoms with Gasteiger partial charge in [-0.25, -0.2) is 4.79 Å². The molecule has 0 bridgehead atoms. The molecule has 0 radical (unpaired) electrons. The highest BCUT2D eigenvalue weighted by Crippen LogP contribution is 2.04. The van der Waals surface area contributed by atoms with E-state index in [4.69, 9.17) is 5.73 Å². The fourth-order valence-corrected chi connectivity index (χ4v) is 1.99. The highest BCUT2D eigenvalue weighted by molar-refractivity contribution is 7.96. The first-order valence-electron chi connectivity index (χ1n) is 5.18. The molecule has 0 spiro atoms. The van der Waals surface area contributed by atoms with Crippen molar-refractivity contribution < 1.29 is 14.4 Å². The average molecular weight is 267 g/mol. The minimum Gasteiger partial charge on any atom is -0.333 e. The molecule has 0 aliphatic rings. The van der Waals surface area contributed by atoms with Crippen LogP contribution in [0.5, 0.6) is 0 Å². The maximum atomic E-state index is 12.1. The third kappa shape index (κ3) is 4.58. The number of hydrogen-bond acceptors (Lipinski definition) is 4. The molecule has 0 aliphatic heterocycles. The molecule has 0 unspecified atom stereocenters. The molecule has 0 heterocycles. The van der Waals surface area contributed by atoms with Crippen LogP contribution in [0.3, 0.4) is 0 Å². The maximum absolute atomic E-state index is 12.1. The van der Waals surface area contributed by atoms with Gasteiger partial charge in [0.15, 0.2) is 11.5 Å². The summed E-state index contributed by atoms with van der Waals surface area (Å²) in [7, 11) is -0.0384. The van der Waals surface area contributed by atoms with Crippen molar-refractivity contribution >= 4 is 28.5 Å². The van der Waals surface area contributed by atoms with Crippen molar-refractivity contribution in [2.45, 2.75) is 0 Å². The molecule has 0 saturated heterocycles. The van der Waals surface area contributed by atoms with Gasteiger partial charge in [-0.1, -0.05) is 35.5 Å². The molecular formula is C12H15N2O3S+. The van der Waals surface area contributed by atoms with E-state index < -0.39 is 6.09 Å². The summed E-state index contributed by atoms with van der Waals surface area (Å²) in [5.41, 5.74) is 5.54. The number of benzene rings is 1. The first-order valence-corrected chi connectivity index (χ1v) is 7.39. The topological polar surface area (TPSA) is 81.8 Å². The second-order valence-corrected chi connectivity index (χ2v) is 6.03. The van der Waals surface area contributed by atoms with Gasteiger partial charge in [0, 0.05) is 5.56 Å². The maximum Gasteiger partial charge on any atom is 0.430 e. The Morgan fingerprint density at radius 3 is 2.39 bits per heavy atom. The molecule has 5 nitrogen and oxygen atoms in total. The predicted molar refractivity (Wildman–Crippen MR) is 73.0 cm³/mol. The van der Waals surface area contributed by atoms with Crippen molar-refractivity contribution in [2.24, 2.45) is 10.9 Å². The normalized spacial score (nSPS) is 11.4. The molecule has 1 rings (SSSR count). The summed E-state index contributed by atoms with van der Waals surface area (Å²) in [4.78, 5) is 27.0. The number of rotatable bonds is 5. The number of nitrogens with zero attached hydrogens (tertiary/aromatic N) is 1. The molecule has 96 valence electrons. The zero-order valence-corrected chi connectivity index (χ0v) is 11.1. The van der Waals surface area contributed by atoms with Crippen LogP contribution in [0.1, 0.15) is 10.4 Å². The lowest BCUT2D eigenvalue weighted by Crippen LogP contribution is -2.25. The zero-order chi connectivity index (χ0) is 13.5. The summed E-state index contributed by atoms with van der Waals surface area (Å²) in [6.07, 6.45) is 2.91. The Morgan fingerprint density at radius 2 is 1.89 bits per heavy atom. The fraction of sp³-hybridized carbons (Fsp3) is 0.250. The second-order valence-electron chi connectivity index (χ2n) is 3.77. The van der Waals surface area contributed by atoms with Gasteiger partial charge in [-0.3, -0.25) is 9.63 Å². The number of primary amides is 1. The van der Waals surface area contributed by atoms with Crippen LogP contribution in [0, 0.1) is 0 Å². The van der Waals surface area contributed by atoms with Gasteiger partial charge in [-0.15, -0.1) is 0 Å². The van der Waals surface area contributed by atoms with Crippen molar-refractivity contribution in [1.29, 1.82) is 0 Å². The predicted octanol–water partition coefficient (Wildman–Crippen LogP) is 1.20. The van der Waals surface area contributed by atoms with E-state index in [2.05, 4.69) is 9.99 Å². The quantitative estimate of drug-likeness (QED) is 0.286. The largest absolute Gasteiger partial charge is 0.430 e. The molecule has 0 fully saturated rings. The standard InChI is InChI=1S/C12H14N2O3S/c1-18(2)8-10(14-17-12(13)16)11(15)9-6-4-3-5-7-9/h3-7H,8H2,1-2H3,(H-,13,16)/p+1. The molecule has 1 aromatic rings. The molecule has 18 heavy (non-hydrogen) atoms. The van der Waals surface area contributed by atoms with Crippen molar-refractivity contribution in [3.8, 4) is 0 Å². The van der Waals surface area contributed by atoms with Gasteiger partial charge < -0.3 is 5.73 Å². The lowest BCUT2D eigenvalue weighted by molar-refractivity contribution is 0.105. The molecule has 2 N–H and O–H groups in total. The van der Waals surface area contributed by atoms with Gasteiger partial charge in [0.05, 0.1) is 12.5 Å². The van der Waals surface area contributed by atoms with Crippen LogP contribution in [0.15, 0.2) is 35.5 Å². The van der Waals surface area contributed by atoms with Crippen molar-refractivity contribution in [1.82, 2.24) is 0 Å². The zero-order valence-electron chi connectivity index (χ0n) is 10.3. The van der Waals surface area contributed by atoms with Gasteiger partial charge in [-0.2, -0.15) is 0 Å². The Bertz CT molecular complexity index is 458. The molecular weight excluding hydrogens is 252 g/mol. The number of carbonyl (C=O) groups excluding carboxylic acids is 2. The minimum atomic E-state index is -1.03. The van der Waals surface area contributed by atoms with E-state index in [1.54, 1.807) is 24.3 Å². The average Bonchev–Trinajstić information content (AvgIpc) is 2.34. The van der Waals surface area contributed by atoms with Crippen LogP contribution in [0.25, 0.3) is 0 Å². The summed E-state index contributed by atoms with van der Waals surface area (Å²) in [5, 5.41) is 3.54. The van der Waals surface area contributed by atoms with Crippen molar-refractivity contribution in [3.63, 3.8) is 0 Å². The van der Waals surface area contributed by atoms with E-state index >= 15 is 0 Å². The number of amides is 1. The van der Waals surface area contributed by atoms with E-state index in [0.29, 0.717) is 11.3 Å². The monoisotopic (exact) mass is 267 g/mol. The number of hydrogen-bond donors (Lipinski definition) is 1. The summed E-state index contributed by atoms with van der Waals surface area (Å²) in [5.74, 6) is 0.194. The van der Waals surface area contributed by atoms with E-state index in [1.807, 2.05) is 18.6 Å². The smallest absolute Gasteiger partial charge is 0.333 e. The number of ketones is 1. The Labute approximate surface area is 108 Å². The fourth-order valence-electron chi connectivity index (χ4n) is 1.26. The summed E-state index contributed by atoms with van der Waals surface area (Å²) < 4.78 is 0. The van der Waals surface area contributed by atoms with Gasteiger partial charge in [0.25, 0.3) is 0 Å². The summed E-state index contributed by atoms with van der Waals surface area (Å²) in [6.45, 7) is 0. The van der Waals surface area contributed by atoms with E-state index in [1.165, 1.54) is 0 Å². The highest BCUT2D eigenvalue weighted by Gasteiger charge is 2.21. The van der Waals surface area contributed by atoms with Crippen LogP contribution in [-0.2, 0) is 15.7 Å². The summed E-state index contributed by atoms with van der Waals surface area (Å²) in [6, 6.07) is 8.71. The van der Waals surface area contributed by atoms with E-state index in [9.17, 15) is 9.59 Å². The molecule has 1 aromatic carbocycles. The molecule has 0 atom stereocenters. The van der Waals surface area contributed by atoms with Crippen LogP contribution in [0.2, 0.25) is 0 Å². The number of oxime groups is 1. The highest BCUT2D eigenvalue weighted by atomic mass is 32.2. The van der Waals surface area contributed by atoms with E-state index in [0.717, 1.165) is 0 Å². The Morgan fingerprint density at radius 1 is 1.28 bits per heavy atom. The van der Waals surface area contributed by atoms with Crippen molar-refractivity contribution in [3.05, 3.63) is 35.9 Å². The lowest BCUT2D eigenvalue weighted by Gasteiger charge is -2.03. The third-order valence-electron chi connectivity index (χ3n) is 1.97. The Hall–Kier alpha value is -1.82. The second kappa shape index (κ2) is 6.80. The summed E-state index contributed by atoms with van der Waals surface area (Å²) >= 11 is 0. The van der Waals surface area contributed by atoms with Crippen LogP contribution in [0.4, 0.5) is 4.79 Å². The first kappa shape index (κ1) is 14.2. The Kier molecular flexibility index (Phi) is 5.38. The molecule has 1 amide bonds. The Balaban J connectivity index is 2.92. The van der Waals surface area contributed by atoms with Gasteiger partial charge in [0.2, 0.25) is 5.78 Å². The van der Waals surface area contributed by atoms with Crippen molar-refractivity contribution in [2.75, 3.05) is 18.3 Å². The van der Waals surface area contributed by atoms with E-state index in [-0.39, 0.29) is 22.4 Å². The minimum absolute atomic E-state index is 0.0384. The van der Waals surface area contributed by atoms with Gasteiger partial charge >= 0.3 is 6.09 Å². The molecule has 0 aromatic heterocycles. The number of nitrogens with two attached hydrogens (primary N) is 1. The SMILES string of the molecule is C[S+](C)CC(=NOC(N)=O)C(=O)c1ccccc1. The van der Waals surface area contributed by atoms with Gasteiger partial charge in [-0.05, 0) is 10.9 Å². The van der Waals surface area contributed by atoms with Crippen LogP contribution in [-0.4, -0.2) is 35.9 Å². The molecule has 0 saturated carbocycles. The van der Waals surface area contributed by atoms with Crippen LogP contribution < -0.4 is 5.73 Å².